The number of aliphatic carboxylic acids is 1. The van der Waals surface area contributed by atoms with Crippen molar-refractivity contribution in [1.29, 1.82) is 0 Å². The number of carbonyl (C=O) groups is 2. The first-order valence-corrected chi connectivity index (χ1v) is 7.20. The normalized spacial score (nSPS) is 10.5. The number of carboxylic acids is 1. The number of nitrogens with zero attached hydrogens (tertiary/aromatic N) is 2. The third kappa shape index (κ3) is 4.54. The maximum absolute atomic E-state index is 12.4. The van der Waals surface area contributed by atoms with Crippen molar-refractivity contribution >= 4 is 23.5 Å². The second-order valence-electron chi connectivity index (χ2n) is 4.79. The van der Waals surface area contributed by atoms with E-state index in [-0.39, 0.29) is 18.8 Å². The van der Waals surface area contributed by atoms with E-state index in [1.807, 2.05) is 0 Å². The van der Waals surface area contributed by atoms with Crippen LogP contribution in [0.3, 0.4) is 0 Å². The topological polar surface area (TPSA) is 95.5 Å². The van der Waals surface area contributed by atoms with Crippen LogP contribution in [0.5, 0.6) is 0 Å². The Morgan fingerprint density at radius 2 is 2.04 bits per heavy atom. The van der Waals surface area contributed by atoms with Gasteiger partial charge in [-0.2, -0.15) is 5.10 Å². The second-order valence-corrected chi connectivity index (χ2v) is 5.22. The molecule has 8 heteroatoms. The molecule has 0 atom stereocenters. The van der Waals surface area contributed by atoms with E-state index >= 15 is 0 Å². The Morgan fingerprint density at radius 1 is 1.35 bits per heavy atom. The molecule has 0 fully saturated rings. The van der Waals surface area contributed by atoms with Crippen molar-refractivity contribution in [1.82, 2.24) is 15.1 Å². The molecule has 0 spiro atoms. The molecule has 0 saturated carbocycles. The molecule has 1 aromatic heterocycles. The standard InChI is InChI=1S/C15H16ClN3O4/c1-23-7-6-19(9-14(20)21)15(22)13-8-12(17-18-13)10-2-4-11(16)5-3-10/h2-5,8H,6-7,9H2,1H3,(H,17,18)(H,20,21). The average Bonchev–Trinajstić information content (AvgIpc) is 3.01. The fourth-order valence-corrected chi connectivity index (χ4v) is 2.11. The molecule has 122 valence electrons. The Kier molecular flexibility index (Phi) is 5.72. The van der Waals surface area contributed by atoms with Crippen LogP contribution in [-0.2, 0) is 9.53 Å². The van der Waals surface area contributed by atoms with E-state index < -0.39 is 18.4 Å². The Morgan fingerprint density at radius 3 is 2.65 bits per heavy atom. The molecular weight excluding hydrogens is 322 g/mol. The van der Waals surface area contributed by atoms with Gasteiger partial charge in [-0.05, 0) is 18.2 Å². The minimum absolute atomic E-state index is 0.178. The van der Waals surface area contributed by atoms with Gasteiger partial charge < -0.3 is 14.7 Å². The zero-order valence-corrected chi connectivity index (χ0v) is 13.2. The van der Waals surface area contributed by atoms with Crippen LogP contribution in [0.4, 0.5) is 0 Å². The average molecular weight is 338 g/mol. The van der Waals surface area contributed by atoms with Crippen molar-refractivity contribution in [2.75, 3.05) is 26.8 Å². The number of rotatable bonds is 7. The van der Waals surface area contributed by atoms with Gasteiger partial charge in [0.2, 0.25) is 0 Å². The lowest BCUT2D eigenvalue weighted by Crippen LogP contribution is -2.38. The van der Waals surface area contributed by atoms with Crippen molar-refractivity contribution in [3.63, 3.8) is 0 Å². The van der Waals surface area contributed by atoms with E-state index in [4.69, 9.17) is 21.4 Å². The number of H-pyrrole nitrogens is 1. The van der Waals surface area contributed by atoms with Gasteiger partial charge >= 0.3 is 5.97 Å². The predicted molar refractivity (Wildman–Crippen MR) is 84.4 cm³/mol. The summed E-state index contributed by atoms with van der Waals surface area (Å²) in [7, 11) is 1.48. The van der Waals surface area contributed by atoms with Crippen LogP contribution in [0, 0.1) is 0 Å². The maximum Gasteiger partial charge on any atom is 0.323 e. The van der Waals surface area contributed by atoms with Crippen LogP contribution in [0.1, 0.15) is 10.5 Å². The molecule has 1 aromatic carbocycles. The SMILES string of the molecule is COCCN(CC(=O)O)C(=O)c1cc(-c2ccc(Cl)cc2)n[nH]1. The van der Waals surface area contributed by atoms with Crippen LogP contribution >= 0.6 is 11.6 Å². The first-order chi connectivity index (χ1) is 11.0. The molecule has 0 aliphatic carbocycles. The van der Waals surface area contributed by atoms with E-state index in [9.17, 15) is 9.59 Å². The Balaban J connectivity index is 2.17. The summed E-state index contributed by atoms with van der Waals surface area (Å²) < 4.78 is 4.90. The monoisotopic (exact) mass is 337 g/mol. The molecular formula is C15H16ClN3O4. The molecule has 7 nitrogen and oxygen atoms in total. The third-order valence-corrected chi connectivity index (χ3v) is 3.38. The molecule has 2 N–H and O–H groups in total. The molecule has 0 bridgehead atoms. The lowest BCUT2D eigenvalue weighted by molar-refractivity contribution is -0.137. The summed E-state index contributed by atoms with van der Waals surface area (Å²) in [5, 5.41) is 16.2. The van der Waals surface area contributed by atoms with Crippen molar-refractivity contribution in [3.8, 4) is 11.3 Å². The number of ether oxygens (including phenoxy) is 1. The van der Waals surface area contributed by atoms with Gasteiger partial charge in [0.15, 0.2) is 0 Å². The molecule has 0 unspecified atom stereocenters. The van der Waals surface area contributed by atoms with E-state index in [0.29, 0.717) is 10.7 Å². The fraction of sp³-hybridized carbons (Fsp3) is 0.267. The van der Waals surface area contributed by atoms with Gasteiger partial charge in [0.25, 0.3) is 5.91 Å². The van der Waals surface area contributed by atoms with Crippen LogP contribution in [0.15, 0.2) is 30.3 Å². The highest BCUT2D eigenvalue weighted by molar-refractivity contribution is 6.30. The van der Waals surface area contributed by atoms with E-state index in [0.717, 1.165) is 5.56 Å². The van der Waals surface area contributed by atoms with Crippen LogP contribution < -0.4 is 0 Å². The molecule has 1 heterocycles. The molecule has 0 saturated heterocycles. The summed E-state index contributed by atoms with van der Waals surface area (Å²) in [4.78, 5) is 24.5. The maximum atomic E-state index is 12.4. The molecule has 0 aliphatic heterocycles. The summed E-state index contributed by atoms with van der Waals surface area (Å²) in [5.41, 5.74) is 1.59. The van der Waals surface area contributed by atoms with E-state index in [1.165, 1.54) is 12.0 Å². The van der Waals surface area contributed by atoms with Crippen LogP contribution in [-0.4, -0.2) is 58.9 Å². The predicted octanol–water partition coefficient (Wildman–Crippen LogP) is 1.90. The van der Waals surface area contributed by atoms with Gasteiger partial charge in [-0.15, -0.1) is 0 Å². The van der Waals surface area contributed by atoms with E-state index in [1.54, 1.807) is 30.3 Å². The molecule has 2 rings (SSSR count). The van der Waals surface area contributed by atoms with Crippen molar-refractivity contribution in [3.05, 3.63) is 41.0 Å². The molecule has 23 heavy (non-hydrogen) atoms. The fourth-order valence-electron chi connectivity index (χ4n) is 1.99. The number of amides is 1. The van der Waals surface area contributed by atoms with Gasteiger partial charge in [-0.3, -0.25) is 14.7 Å². The summed E-state index contributed by atoms with van der Waals surface area (Å²) in [6.45, 7) is 0.0195. The smallest absolute Gasteiger partial charge is 0.323 e. The van der Waals surface area contributed by atoms with Crippen LogP contribution in [0.2, 0.25) is 5.02 Å². The second kappa shape index (κ2) is 7.75. The number of halogens is 1. The lowest BCUT2D eigenvalue weighted by Gasteiger charge is -2.19. The van der Waals surface area contributed by atoms with Gasteiger partial charge in [0.05, 0.1) is 12.3 Å². The first-order valence-electron chi connectivity index (χ1n) is 6.82. The number of nitrogens with one attached hydrogen (secondary N) is 1. The first kappa shape index (κ1) is 17.0. The molecule has 0 radical (unpaired) electrons. The van der Waals surface area contributed by atoms with Gasteiger partial charge in [0.1, 0.15) is 12.2 Å². The highest BCUT2D eigenvalue weighted by atomic mass is 35.5. The van der Waals surface area contributed by atoms with E-state index in [2.05, 4.69) is 10.2 Å². The van der Waals surface area contributed by atoms with Gasteiger partial charge in [-0.1, -0.05) is 23.7 Å². The largest absolute Gasteiger partial charge is 0.480 e. The number of aromatic amines is 1. The van der Waals surface area contributed by atoms with Gasteiger partial charge in [-0.25, -0.2) is 0 Å². The number of hydrogen-bond acceptors (Lipinski definition) is 4. The number of carboxylic acid groups (broad SMARTS) is 1. The highest BCUT2D eigenvalue weighted by Crippen LogP contribution is 2.20. The Labute approximate surface area is 137 Å². The molecule has 2 aromatic rings. The summed E-state index contributed by atoms with van der Waals surface area (Å²) in [5.74, 6) is -1.54. The number of carbonyl (C=O) groups excluding carboxylic acids is 1. The number of aromatic nitrogens is 2. The quantitative estimate of drug-likeness (QED) is 0.804. The molecule has 1 amide bonds. The summed E-state index contributed by atoms with van der Waals surface area (Å²) in [6.07, 6.45) is 0. The molecule has 0 aliphatic rings. The highest BCUT2D eigenvalue weighted by Gasteiger charge is 2.20. The summed E-state index contributed by atoms with van der Waals surface area (Å²) >= 11 is 5.84. The Hall–Kier alpha value is -2.38. The summed E-state index contributed by atoms with van der Waals surface area (Å²) in [6, 6.07) is 8.59. The zero-order valence-electron chi connectivity index (χ0n) is 12.5. The van der Waals surface area contributed by atoms with Crippen molar-refractivity contribution in [2.24, 2.45) is 0 Å². The minimum Gasteiger partial charge on any atom is -0.480 e. The number of benzene rings is 1. The van der Waals surface area contributed by atoms with Gasteiger partial charge in [0, 0.05) is 24.2 Å². The van der Waals surface area contributed by atoms with Crippen molar-refractivity contribution in [2.45, 2.75) is 0 Å². The third-order valence-electron chi connectivity index (χ3n) is 3.13. The Bertz CT molecular complexity index is 684. The number of methoxy groups -OCH3 is 1. The lowest BCUT2D eigenvalue weighted by atomic mass is 10.1. The number of hydrogen-bond donors (Lipinski definition) is 2. The van der Waals surface area contributed by atoms with Crippen LogP contribution in [0.25, 0.3) is 11.3 Å². The minimum atomic E-state index is -1.09. The zero-order chi connectivity index (χ0) is 16.8. The van der Waals surface area contributed by atoms with Crippen molar-refractivity contribution < 1.29 is 19.4 Å².